The molecule has 3 aliphatic heterocycles. The fourth-order valence-electron chi connectivity index (χ4n) is 4.15. The van der Waals surface area contributed by atoms with E-state index in [4.69, 9.17) is 4.98 Å². The van der Waals surface area contributed by atoms with Crippen LogP contribution in [0.15, 0.2) is 24.4 Å². The molecule has 0 N–H and O–H groups in total. The van der Waals surface area contributed by atoms with Gasteiger partial charge in [0.15, 0.2) is 0 Å². The van der Waals surface area contributed by atoms with Gasteiger partial charge in [0.25, 0.3) is 0 Å². The second-order valence-corrected chi connectivity index (χ2v) is 6.82. The lowest BCUT2D eigenvalue weighted by molar-refractivity contribution is 0.122. The van der Waals surface area contributed by atoms with Crippen LogP contribution < -0.4 is 0 Å². The third-order valence-corrected chi connectivity index (χ3v) is 5.19. The Morgan fingerprint density at radius 2 is 2.10 bits per heavy atom. The van der Waals surface area contributed by atoms with Gasteiger partial charge >= 0.3 is 0 Å². The fourth-order valence-corrected chi connectivity index (χ4v) is 4.15. The summed E-state index contributed by atoms with van der Waals surface area (Å²) in [5.41, 5.74) is 3.61. The normalized spacial score (nSPS) is 27.3. The van der Waals surface area contributed by atoms with Gasteiger partial charge < -0.3 is 9.30 Å². The molecule has 5 rings (SSSR count). The summed E-state index contributed by atoms with van der Waals surface area (Å²) in [6.45, 7) is 6.90. The van der Waals surface area contributed by atoms with Crippen molar-refractivity contribution in [3.63, 3.8) is 0 Å². The molecule has 112 valence electrons. The van der Waals surface area contributed by atoms with Crippen molar-refractivity contribution in [3.05, 3.63) is 35.8 Å². The first kappa shape index (κ1) is 13.3. The van der Waals surface area contributed by atoms with E-state index in [1.165, 1.54) is 43.9 Å². The average molecular weight is 284 g/mol. The molecule has 0 saturated carbocycles. The highest BCUT2D eigenvalue weighted by Crippen LogP contribution is 2.29. The Balaban J connectivity index is 1.64. The average Bonchev–Trinajstić information content (AvgIpc) is 2.60. The summed E-state index contributed by atoms with van der Waals surface area (Å²) in [6.07, 6.45) is 4.90. The molecule has 3 fully saturated rings. The quantitative estimate of drug-likeness (QED) is 0.844. The molecule has 2 bridgehead atoms. The van der Waals surface area contributed by atoms with E-state index in [0.717, 1.165) is 18.1 Å². The molecule has 0 aliphatic carbocycles. The smallest absolute Gasteiger partial charge is 0.137 e. The zero-order valence-corrected chi connectivity index (χ0v) is 13.0. The lowest BCUT2D eigenvalue weighted by atomic mass is 9.95. The Bertz CT molecular complexity index is 647. The van der Waals surface area contributed by atoms with Gasteiger partial charge in [0.05, 0.1) is 11.4 Å². The zero-order chi connectivity index (χ0) is 14.4. The van der Waals surface area contributed by atoms with Crippen LogP contribution in [0.25, 0.3) is 5.65 Å². The van der Waals surface area contributed by atoms with Crippen LogP contribution in [0.3, 0.4) is 0 Å². The predicted molar refractivity (Wildman–Crippen MR) is 84.3 cm³/mol. The lowest BCUT2D eigenvalue weighted by Crippen LogP contribution is -2.43. The molecule has 21 heavy (non-hydrogen) atoms. The number of fused-ring (bicyclic) bond motifs is 5. The molecule has 4 nitrogen and oxygen atoms in total. The molecule has 0 radical (unpaired) electrons. The molecule has 0 aromatic carbocycles. The zero-order valence-electron chi connectivity index (χ0n) is 13.0. The van der Waals surface area contributed by atoms with Crippen molar-refractivity contribution in [2.45, 2.75) is 32.4 Å². The van der Waals surface area contributed by atoms with Gasteiger partial charge in [0.1, 0.15) is 5.65 Å². The number of aromatic nitrogens is 2. The van der Waals surface area contributed by atoms with Crippen LogP contribution in [-0.2, 0) is 6.54 Å². The number of pyridine rings is 1. The molecule has 3 aliphatic rings. The summed E-state index contributed by atoms with van der Waals surface area (Å²) in [7, 11) is 2.27. The van der Waals surface area contributed by atoms with Crippen LogP contribution in [0.2, 0.25) is 0 Å². The Labute approximate surface area is 126 Å². The van der Waals surface area contributed by atoms with Crippen molar-refractivity contribution >= 4 is 5.65 Å². The van der Waals surface area contributed by atoms with Crippen molar-refractivity contribution in [3.8, 4) is 0 Å². The fraction of sp³-hybridized carbons (Fsp3) is 0.588. The van der Waals surface area contributed by atoms with Gasteiger partial charge in [-0.25, -0.2) is 4.98 Å². The number of rotatable bonds is 2. The molecule has 0 amide bonds. The van der Waals surface area contributed by atoms with E-state index in [1.54, 1.807) is 0 Å². The maximum absolute atomic E-state index is 4.70. The van der Waals surface area contributed by atoms with Gasteiger partial charge in [-0.2, -0.15) is 0 Å². The van der Waals surface area contributed by atoms with E-state index in [-0.39, 0.29) is 0 Å². The van der Waals surface area contributed by atoms with Crippen molar-refractivity contribution in [1.82, 2.24) is 19.2 Å². The van der Waals surface area contributed by atoms with Crippen molar-refractivity contribution in [2.75, 3.05) is 26.7 Å². The number of nitrogens with zero attached hydrogens (tertiary/aromatic N) is 4. The predicted octanol–water partition coefficient (Wildman–Crippen LogP) is 2.17. The minimum absolute atomic E-state index is 0.711. The number of hydrogen-bond acceptors (Lipinski definition) is 3. The van der Waals surface area contributed by atoms with Gasteiger partial charge in [0.2, 0.25) is 0 Å². The van der Waals surface area contributed by atoms with Gasteiger partial charge in [-0.15, -0.1) is 0 Å². The summed E-state index contributed by atoms with van der Waals surface area (Å²) in [4.78, 5) is 9.92. The summed E-state index contributed by atoms with van der Waals surface area (Å²) in [6, 6.07) is 6.97. The lowest BCUT2D eigenvalue weighted by Gasteiger charge is -2.36. The second kappa shape index (κ2) is 5.11. The maximum atomic E-state index is 4.70. The molecule has 0 unspecified atom stereocenters. The van der Waals surface area contributed by atoms with E-state index in [9.17, 15) is 0 Å². The summed E-state index contributed by atoms with van der Waals surface area (Å²) in [5, 5.41) is 0. The summed E-state index contributed by atoms with van der Waals surface area (Å²) in [5.74, 6) is 0.841. The standard InChI is InChI=1S/C17H24N4/c1-13-16(21-8-4-3-5-17(21)18-13)12-20-10-14-6-7-15(20)11-19(2)9-14/h3-5,8,14-15H,6-7,9-12H2,1-2H3/t14-,15+/m0/s1. The highest BCUT2D eigenvalue weighted by Gasteiger charge is 2.34. The number of piperidine rings is 1. The van der Waals surface area contributed by atoms with Gasteiger partial charge in [-0.3, -0.25) is 4.90 Å². The van der Waals surface area contributed by atoms with Crippen molar-refractivity contribution in [2.24, 2.45) is 5.92 Å². The molecule has 5 heterocycles. The maximum Gasteiger partial charge on any atom is 0.137 e. The molecule has 2 aromatic heterocycles. The van der Waals surface area contributed by atoms with Gasteiger partial charge in [0, 0.05) is 38.4 Å². The number of aryl methyl sites for hydroxylation is 1. The Kier molecular flexibility index (Phi) is 3.23. The molecule has 2 aromatic rings. The number of likely N-dealkylation sites (N-methyl/N-ethyl adjacent to an activating group) is 1. The monoisotopic (exact) mass is 284 g/mol. The molecular weight excluding hydrogens is 260 g/mol. The molecule has 3 saturated heterocycles. The minimum Gasteiger partial charge on any atom is -0.304 e. The van der Waals surface area contributed by atoms with Crippen LogP contribution in [0.4, 0.5) is 0 Å². The third kappa shape index (κ3) is 2.36. The van der Waals surface area contributed by atoms with Crippen LogP contribution in [0.1, 0.15) is 24.2 Å². The Morgan fingerprint density at radius 3 is 3.00 bits per heavy atom. The number of imidazole rings is 1. The van der Waals surface area contributed by atoms with E-state index in [1.807, 2.05) is 0 Å². The second-order valence-electron chi connectivity index (χ2n) is 6.82. The van der Waals surface area contributed by atoms with Crippen molar-refractivity contribution in [1.29, 1.82) is 0 Å². The van der Waals surface area contributed by atoms with E-state index < -0.39 is 0 Å². The summed E-state index contributed by atoms with van der Waals surface area (Å²) < 4.78 is 2.26. The third-order valence-electron chi connectivity index (χ3n) is 5.19. The SMILES string of the molecule is Cc1nc2ccccn2c1CN1C[C@H]2CC[C@@H]1CN(C)C2. The van der Waals surface area contributed by atoms with Crippen LogP contribution in [0.5, 0.6) is 0 Å². The molecular formula is C17H24N4. The van der Waals surface area contributed by atoms with Crippen LogP contribution in [-0.4, -0.2) is 51.9 Å². The Morgan fingerprint density at radius 1 is 1.19 bits per heavy atom. The first-order chi connectivity index (χ1) is 10.2. The van der Waals surface area contributed by atoms with E-state index in [2.05, 4.69) is 52.6 Å². The molecule has 2 atom stereocenters. The largest absolute Gasteiger partial charge is 0.304 e. The molecule has 0 spiro atoms. The highest BCUT2D eigenvalue weighted by molar-refractivity contribution is 5.42. The van der Waals surface area contributed by atoms with E-state index in [0.29, 0.717) is 6.04 Å². The van der Waals surface area contributed by atoms with E-state index >= 15 is 0 Å². The van der Waals surface area contributed by atoms with Crippen LogP contribution in [0, 0.1) is 12.8 Å². The first-order valence-electron chi connectivity index (χ1n) is 8.06. The van der Waals surface area contributed by atoms with Crippen LogP contribution >= 0.6 is 0 Å². The van der Waals surface area contributed by atoms with Gasteiger partial charge in [-0.05, 0) is 44.9 Å². The summed E-state index contributed by atoms with van der Waals surface area (Å²) >= 11 is 0. The first-order valence-corrected chi connectivity index (χ1v) is 8.06. The Hall–Kier alpha value is -1.39. The molecule has 4 heteroatoms. The minimum atomic E-state index is 0.711. The number of hydrogen-bond donors (Lipinski definition) is 0. The topological polar surface area (TPSA) is 23.8 Å². The highest BCUT2D eigenvalue weighted by atomic mass is 15.3. The van der Waals surface area contributed by atoms with Crippen molar-refractivity contribution < 1.29 is 0 Å². The van der Waals surface area contributed by atoms with Gasteiger partial charge in [-0.1, -0.05) is 6.07 Å².